The van der Waals surface area contributed by atoms with Gasteiger partial charge in [-0.05, 0) is 78.6 Å². The molecule has 1 aromatic carbocycles. The van der Waals surface area contributed by atoms with Crippen LogP contribution in [0, 0.1) is 0 Å². The van der Waals surface area contributed by atoms with Gasteiger partial charge in [-0.25, -0.2) is 4.72 Å². The van der Waals surface area contributed by atoms with Gasteiger partial charge < -0.3 is 9.83 Å². The zero-order valence-corrected chi connectivity index (χ0v) is 18.2. The van der Waals surface area contributed by atoms with E-state index in [4.69, 9.17) is 11.6 Å². The number of rotatable bonds is 8. The molecule has 0 atom stereocenters. The van der Waals surface area contributed by atoms with Crippen molar-refractivity contribution in [2.75, 3.05) is 11.3 Å². The van der Waals surface area contributed by atoms with Gasteiger partial charge >= 0.3 is 0 Å². The van der Waals surface area contributed by atoms with Crippen molar-refractivity contribution in [3.8, 4) is 21.6 Å². The quantitative estimate of drug-likeness (QED) is 0.379. The van der Waals surface area contributed by atoms with E-state index in [1.54, 1.807) is 11.3 Å². The number of hydrogen-bond donors (Lipinski definition) is 3. The second-order valence-electron chi connectivity index (χ2n) is 7.86. The Hall–Kier alpha value is -1.57. The van der Waals surface area contributed by atoms with Gasteiger partial charge in [-0.15, -0.1) is 11.3 Å². The Morgan fingerprint density at radius 1 is 1.17 bits per heavy atom. The third-order valence-electron chi connectivity index (χ3n) is 5.60. The summed E-state index contributed by atoms with van der Waals surface area (Å²) in [4.78, 5) is 5.65. The molecule has 2 saturated carbocycles. The SMILES string of the molecule is OCC1(c2cc(-c3csc(-c4ccc(NSNC5CC5)cc4Cl)c3)ccn2)CC1. The molecule has 2 aliphatic carbocycles. The minimum atomic E-state index is -0.118. The lowest BCUT2D eigenvalue weighted by atomic mass is 9.99. The van der Waals surface area contributed by atoms with E-state index in [9.17, 15) is 5.11 Å². The van der Waals surface area contributed by atoms with Crippen molar-refractivity contribution in [1.29, 1.82) is 0 Å². The molecular formula is C22H22ClN3OS2. The highest BCUT2D eigenvalue weighted by Crippen LogP contribution is 2.47. The molecule has 2 aromatic heterocycles. The van der Waals surface area contributed by atoms with Crippen LogP contribution in [0.1, 0.15) is 31.4 Å². The van der Waals surface area contributed by atoms with Crippen molar-refractivity contribution in [2.24, 2.45) is 0 Å². The number of pyridine rings is 1. The molecule has 2 fully saturated rings. The summed E-state index contributed by atoms with van der Waals surface area (Å²) in [5.41, 5.74) is 5.20. The Kier molecular flexibility index (Phi) is 5.30. The maximum atomic E-state index is 9.70. The van der Waals surface area contributed by atoms with Crippen LogP contribution in [0.5, 0.6) is 0 Å². The predicted molar refractivity (Wildman–Crippen MR) is 123 cm³/mol. The second-order valence-corrected chi connectivity index (χ2v) is 9.82. The lowest BCUT2D eigenvalue weighted by molar-refractivity contribution is 0.252. The summed E-state index contributed by atoms with van der Waals surface area (Å²) < 4.78 is 6.66. The number of halogens is 1. The van der Waals surface area contributed by atoms with Gasteiger partial charge in [-0.3, -0.25) is 4.98 Å². The first kappa shape index (κ1) is 19.4. The minimum Gasteiger partial charge on any atom is -0.395 e. The van der Waals surface area contributed by atoms with Gasteiger partial charge in [0.2, 0.25) is 0 Å². The van der Waals surface area contributed by atoms with Gasteiger partial charge in [0.1, 0.15) is 0 Å². The van der Waals surface area contributed by atoms with Crippen LogP contribution in [-0.2, 0) is 5.41 Å². The van der Waals surface area contributed by atoms with E-state index in [0.29, 0.717) is 6.04 Å². The van der Waals surface area contributed by atoms with E-state index < -0.39 is 0 Å². The molecule has 7 heteroatoms. The van der Waals surface area contributed by atoms with Crippen LogP contribution in [0.4, 0.5) is 5.69 Å². The molecule has 0 amide bonds. The molecule has 0 aliphatic heterocycles. The molecule has 2 heterocycles. The maximum absolute atomic E-state index is 9.70. The third-order valence-corrected chi connectivity index (χ3v) is 7.66. The Morgan fingerprint density at radius 2 is 2.03 bits per heavy atom. The number of nitrogens with one attached hydrogen (secondary N) is 2. The average Bonchev–Trinajstić information content (AvgIpc) is 3.67. The number of hydrogen-bond acceptors (Lipinski definition) is 6. The normalized spacial score (nSPS) is 17.3. The Morgan fingerprint density at radius 3 is 2.76 bits per heavy atom. The van der Waals surface area contributed by atoms with Gasteiger partial charge in [0.15, 0.2) is 0 Å². The van der Waals surface area contributed by atoms with E-state index >= 15 is 0 Å². The van der Waals surface area contributed by atoms with Gasteiger partial charge in [0.05, 0.1) is 11.6 Å². The largest absolute Gasteiger partial charge is 0.395 e. The monoisotopic (exact) mass is 443 g/mol. The van der Waals surface area contributed by atoms with Gasteiger partial charge in [-0.2, -0.15) is 0 Å². The first-order chi connectivity index (χ1) is 14.2. The van der Waals surface area contributed by atoms with Gasteiger partial charge in [0.25, 0.3) is 0 Å². The van der Waals surface area contributed by atoms with Gasteiger partial charge in [0, 0.05) is 51.6 Å². The first-order valence-electron chi connectivity index (χ1n) is 9.80. The second kappa shape index (κ2) is 7.93. The van der Waals surface area contributed by atoms with Gasteiger partial charge in [-0.1, -0.05) is 11.6 Å². The van der Waals surface area contributed by atoms with Crippen LogP contribution in [0.25, 0.3) is 21.6 Å². The highest BCUT2D eigenvalue weighted by molar-refractivity contribution is 7.98. The number of thiophene rings is 1. The van der Waals surface area contributed by atoms with Crippen LogP contribution in [0.2, 0.25) is 5.02 Å². The maximum Gasteiger partial charge on any atom is 0.0543 e. The zero-order valence-electron chi connectivity index (χ0n) is 15.8. The highest BCUT2D eigenvalue weighted by atomic mass is 35.5. The Bertz CT molecular complexity index is 1030. The standard InChI is InChI=1S/C22H22ClN3OS2/c23-19-11-17(26-29-25-16-1-2-16)3-4-18(19)20-9-15(12-28-20)14-5-8-24-21(10-14)22(13-27)6-7-22/h3-5,8-12,16,25-27H,1-2,6-7,13H2. The molecule has 0 unspecified atom stereocenters. The summed E-state index contributed by atoms with van der Waals surface area (Å²) in [6.07, 6.45) is 6.39. The van der Waals surface area contributed by atoms with E-state index in [0.717, 1.165) is 50.8 Å². The van der Waals surface area contributed by atoms with Crippen LogP contribution < -0.4 is 9.44 Å². The van der Waals surface area contributed by atoms with E-state index in [1.165, 1.54) is 25.0 Å². The number of benzene rings is 1. The molecular weight excluding hydrogens is 422 g/mol. The van der Waals surface area contributed by atoms with Crippen molar-refractivity contribution in [2.45, 2.75) is 37.1 Å². The molecule has 0 saturated heterocycles. The topological polar surface area (TPSA) is 57.2 Å². The number of nitrogens with zero attached hydrogens (tertiary/aromatic N) is 1. The predicted octanol–water partition coefficient (Wildman–Crippen LogP) is 5.88. The Labute approximate surface area is 184 Å². The summed E-state index contributed by atoms with van der Waals surface area (Å²) >= 11 is 9.79. The van der Waals surface area contributed by atoms with E-state index in [1.807, 2.05) is 18.3 Å². The molecule has 5 rings (SSSR count). The third kappa shape index (κ3) is 4.18. The summed E-state index contributed by atoms with van der Waals surface area (Å²) in [6, 6.07) is 13.1. The lowest BCUT2D eigenvalue weighted by Crippen LogP contribution is -2.13. The summed E-state index contributed by atoms with van der Waals surface area (Å²) in [6.45, 7) is 0.169. The summed E-state index contributed by atoms with van der Waals surface area (Å²) in [5.74, 6) is 0. The number of aliphatic hydroxyl groups excluding tert-OH is 1. The molecule has 0 bridgehead atoms. The molecule has 150 valence electrons. The summed E-state index contributed by atoms with van der Waals surface area (Å²) in [7, 11) is 0. The van der Waals surface area contributed by atoms with Crippen LogP contribution in [0.3, 0.4) is 0 Å². The van der Waals surface area contributed by atoms with Crippen LogP contribution >= 0.6 is 35.1 Å². The first-order valence-corrected chi connectivity index (χ1v) is 11.9. The van der Waals surface area contributed by atoms with Crippen molar-refractivity contribution in [3.05, 3.63) is 58.7 Å². The van der Waals surface area contributed by atoms with E-state index in [2.05, 4.69) is 44.1 Å². The van der Waals surface area contributed by atoms with Crippen molar-refractivity contribution < 1.29 is 5.11 Å². The smallest absolute Gasteiger partial charge is 0.0543 e. The lowest BCUT2D eigenvalue weighted by Gasteiger charge is -2.11. The fourth-order valence-corrected chi connectivity index (χ4v) is 5.33. The zero-order chi connectivity index (χ0) is 19.8. The van der Waals surface area contributed by atoms with Crippen molar-refractivity contribution in [1.82, 2.24) is 9.71 Å². The number of aliphatic hydroxyl groups is 1. The number of aromatic nitrogens is 1. The fourth-order valence-electron chi connectivity index (χ4n) is 3.33. The molecule has 4 nitrogen and oxygen atoms in total. The Balaban J connectivity index is 1.34. The highest BCUT2D eigenvalue weighted by Gasteiger charge is 2.45. The molecule has 3 N–H and O–H groups in total. The van der Waals surface area contributed by atoms with Crippen molar-refractivity contribution >= 4 is 40.8 Å². The number of anilines is 1. The van der Waals surface area contributed by atoms with Crippen molar-refractivity contribution in [3.63, 3.8) is 0 Å². The molecule has 0 radical (unpaired) electrons. The fraction of sp³-hybridized carbons (Fsp3) is 0.318. The molecule has 0 spiro atoms. The van der Waals surface area contributed by atoms with E-state index in [-0.39, 0.29) is 12.0 Å². The average molecular weight is 444 g/mol. The molecule has 2 aliphatic rings. The van der Waals surface area contributed by atoms with Crippen LogP contribution in [-0.4, -0.2) is 22.7 Å². The molecule has 3 aromatic rings. The summed E-state index contributed by atoms with van der Waals surface area (Å²) in [5, 5.41) is 12.6. The van der Waals surface area contributed by atoms with Crippen LogP contribution in [0.15, 0.2) is 48.0 Å². The minimum absolute atomic E-state index is 0.118. The molecule has 29 heavy (non-hydrogen) atoms.